The van der Waals surface area contributed by atoms with Crippen molar-refractivity contribution in [3.8, 4) is 5.75 Å². The molecule has 2 aromatic rings. The molecule has 5 aliphatic rings. The first-order valence-corrected chi connectivity index (χ1v) is 18.9. The third kappa shape index (κ3) is 6.18. The Labute approximate surface area is 297 Å². The number of hydrogen-bond acceptors (Lipinski definition) is 13. The molecule has 0 bridgehead atoms. The Kier molecular flexibility index (Phi) is 8.54. The smallest absolute Gasteiger partial charge is 0.418 e. The van der Waals surface area contributed by atoms with E-state index in [4.69, 9.17) is 30.6 Å². The third-order valence-corrected chi connectivity index (χ3v) is 12.2. The van der Waals surface area contributed by atoms with Crippen molar-refractivity contribution in [2.75, 3.05) is 5.73 Å². The number of fused-ring (bicyclic) bond motifs is 1. The van der Waals surface area contributed by atoms with Gasteiger partial charge in [-0.15, -0.1) is 15.6 Å². The minimum Gasteiger partial charge on any atom is -0.485 e. The van der Waals surface area contributed by atoms with Crippen LogP contribution in [0.2, 0.25) is 0 Å². The Morgan fingerprint density at radius 2 is 1.98 bits per heavy atom. The zero-order valence-electron chi connectivity index (χ0n) is 28.0. The second-order valence-corrected chi connectivity index (χ2v) is 16.5. The molecule has 1 unspecified atom stereocenters. The Morgan fingerprint density at radius 3 is 2.63 bits per heavy atom. The van der Waals surface area contributed by atoms with Crippen LogP contribution in [0.4, 0.5) is 5.13 Å². The van der Waals surface area contributed by atoms with Crippen molar-refractivity contribution in [2.45, 2.75) is 88.6 Å². The van der Waals surface area contributed by atoms with Crippen LogP contribution in [0.1, 0.15) is 69.7 Å². The topological polar surface area (TPSA) is 258 Å². The van der Waals surface area contributed by atoms with Crippen LogP contribution in [-0.4, -0.2) is 86.8 Å². The first kappa shape index (κ1) is 35.1. The van der Waals surface area contributed by atoms with Crippen molar-refractivity contribution in [1.29, 1.82) is 0 Å². The van der Waals surface area contributed by atoms with Gasteiger partial charge in [-0.05, 0) is 107 Å². The monoisotopic (exact) mass is 745 g/mol. The largest absolute Gasteiger partial charge is 0.485 e. The predicted molar refractivity (Wildman–Crippen MR) is 182 cm³/mol. The number of nitrogens with zero attached hydrogens (tertiary/aromatic N) is 4. The predicted octanol–water partition coefficient (Wildman–Crippen LogP) is 1.66. The molecule has 17 nitrogen and oxygen atoms in total. The number of aryl methyl sites for hydroxylation is 1. The maximum absolute atomic E-state index is 13.5. The van der Waals surface area contributed by atoms with Gasteiger partial charge in [-0.1, -0.05) is 5.16 Å². The van der Waals surface area contributed by atoms with E-state index in [1.54, 1.807) is 12.1 Å². The van der Waals surface area contributed by atoms with Crippen molar-refractivity contribution in [2.24, 2.45) is 39.6 Å². The van der Waals surface area contributed by atoms with Gasteiger partial charge in [0.15, 0.2) is 16.9 Å². The van der Waals surface area contributed by atoms with Crippen LogP contribution < -0.4 is 21.5 Å². The van der Waals surface area contributed by atoms with Crippen LogP contribution in [0.5, 0.6) is 5.75 Å². The van der Waals surface area contributed by atoms with Crippen molar-refractivity contribution >= 4 is 56.2 Å². The molecule has 3 heterocycles. The number of β-lactam (4-membered cyclic amide) rings is 1. The number of hydroxylamine groups is 2. The molecule has 19 heteroatoms. The van der Waals surface area contributed by atoms with Gasteiger partial charge in [-0.25, -0.2) is 9.78 Å². The molecule has 4 fully saturated rings. The lowest BCUT2D eigenvalue weighted by molar-refractivity contribution is -0.218. The first-order chi connectivity index (χ1) is 24.0. The molecule has 2 aliphatic heterocycles. The second-order valence-electron chi connectivity index (χ2n) is 14.6. The summed E-state index contributed by atoms with van der Waals surface area (Å²) in [6.07, 6.45) is 4.50. The molecule has 3 saturated carbocycles. The van der Waals surface area contributed by atoms with E-state index >= 15 is 0 Å². The highest BCUT2D eigenvalue weighted by Gasteiger charge is 2.59. The number of carbonyl (C=O) groups excluding carboxylic acids is 2. The number of hydrogen-bond donors (Lipinski definition) is 5. The summed E-state index contributed by atoms with van der Waals surface area (Å²) in [7, 11) is -5.03. The molecule has 0 radical (unpaired) electrons. The number of carbonyl (C=O) groups is 3. The number of nitrogens with one attached hydrogen (secondary N) is 1. The van der Waals surface area contributed by atoms with Crippen molar-refractivity contribution in [1.82, 2.24) is 15.4 Å². The maximum Gasteiger partial charge on any atom is 0.418 e. The summed E-state index contributed by atoms with van der Waals surface area (Å²) in [6, 6.07) is 4.37. The number of ether oxygens (including phenoxy) is 1. The average Bonchev–Trinajstić information content (AvgIpc) is 3.48. The van der Waals surface area contributed by atoms with Crippen molar-refractivity contribution < 1.29 is 46.3 Å². The highest BCUT2D eigenvalue weighted by Crippen LogP contribution is 2.64. The van der Waals surface area contributed by atoms with Crippen molar-refractivity contribution in [3.05, 3.63) is 40.4 Å². The summed E-state index contributed by atoms with van der Waals surface area (Å²) in [5.74, 6) is 0.714. The summed E-state index contributed by atoms with van der Waals surface area (Å²) < 4.78 is 41.9. The lowest BCUT2D eigenvalue weighted by atomic mass is 9.43. The number of rotatable bonds is 11. The zero-order valence-corrected chi connectivity index (χ0v) is 29.6. The number of nitrogens with two attached hydrogens (primary N) is 2. The van der Waals surface area contributed by atoms with Gasteiger partial charge in [0.05, 0.1) is 11.6 Å². The highest BCUT2D eigenvalue weighted by atomic mass is 32.3. The van der Waals surface area contributed by atoms with Gasteiger partial charge in [0.25, 0.3) is 17.4 Å². The Bertz CT molecular complexity index is 1970. The molecule has 3 aliphatic carbocycles. The number of benzene rings is 1. The Balaban J connectivity index is 1.07. The number of thiazole rings is 1. The molecule has 1 saturated heterocycles. The molecule has 0 spiro atoms. The lowest BCUT2D eigenvalue weighted by Gasteiger charge is -2.63. The van der Waals surface area contributed by atoms with Gasteiger partial charge in [0, 0.05) is 10.9 Å². The molecule has 7 N–H and O–H groups in total. The summed E-state index contributed by atoms with van der Waals surface area (Å²) in [5.41, 5.74) is 9.79. The van der Waals surface area contributed by atoms with Crippen LogP contribution in [-0.2, 0) is 40.3 Å². The Morgan fingerprint density at radius 1 is 1.22 bits per heavy atom. The molecule has 274 valence electrons. The molecular weight excluding hydrogens is 707 g/mol. The number of oxime groups is 1. The van der Waals surface area contributed by atoms with E-state index in [-0.39, 0.29) is 23.3 Å². The molecule has 8 atom stereocenters. The summed E-state index contributed by atoms with van der Waals surface area (Å²) in [5, 5.41) is 18.5. The normalized spacial score (nSPS) is 30.6. The van der Waals surface area contributed by atoms with Gasteiger partial charge in [0.1, 0.15) is 23.3 Å². The van der Waals surface area contributed by atoms with Gasteiger partial charge < -0.3 is 31.5 Å². The molecule has 1 aromatic carbocycles. The van der Waals surface area contributed by atoms with Crippen LogP contribution in [0, 0.1) is 23.7 Å². The van der Waals surface area contributed by atoms with E-state index in [9.17, 15) is 27.9 Å². The number of carboxylic acids is 1. The minimum absolute atomic E-state index is 0.0685. The van der Waals surface area contributed by atoms with E-state index in [0.29, 0.717) is 29.0 Å². The number of carboxylic acid groups (broad SMARTS) is 1. The van der Waals surface area contributed by atoms with Crippen molar-refractivity contribution in [3.63, 3.8) is 0 Å². The van der Waals surface area contributed by atoms with Crippen LogP contribution in [0.15, 0.2) is 33.7 Å². The summed E-state index contributed by atoms with van der Waals surface area (Å²) in [4.78, 5) is 53.5. The standard InChI is InChI=1S/C32H39N7O10S2/c1-31(2)25(28(41)39(31)49-51(44,45)46)37-27(40)24(20-13-50-30(34)36-20)38-48-32(3,29(42)43)22-9-6-14-10-16(5-8-21(14)47-22)26(33)35-19-7-4-15-11-17-12-18(19)23(15)17/h5,8,10,13,15,17-19,22-23,25H,4,6-7,9,11-12H2,1-3H3,(H2,33,35)(H2,34,36)(H,37,40)(H,42,43)(H,44,45,46)/b38-24-/t15-,17-,18-,19-,22-,23?,25-,32+/m1/s1. The quantitative estimate of drug-likeness (QED) is 0.0722. The number of anilines is 1. The fourth-order valence-electron chi connectivity index (χ4n) is 8.22. The molecule has 51 heavy (non-hydrogen) atoms. The van der Waals surface area contributed by atoms with E-state index in [2.05, 4.69) is 19.7 Å². The second kappa shape index (κ2) is 12.4. The van der Waals surface area contributed by atoms with Crippen LogP contribution in [0.25, 0.3) is 0 Å². The molecule has 2 amide bonds. The van der Waals surface area contributed by atoms with Gasteiger partial charge in [0.2, 0.25) is 0 Å². The number of nitrogen functional groups attached to an aromatic ring is 1. The number of aromatic nitrogens is 1. The van der Waals surface area contributed by atoms with Crippen LogP contribution >= 0.6 is 11.3 Å². The van der Waals surface area contributed by atoms with Gasteiger partial charge in [-0.3, -0.25) is 19.1 Å². The van der Waals surface area contributed by atoms with Gasteiger partial charge in [-0.2, -0.15) is 13.5 Å². The molecule has 7 rings (SSSR count). The summed E-state index contributed by atoms with van der Waals surface area (Å²) in [6.45, 7) is 4.03. The van der Waals surface area contributed by atoms with E-state index < -0.39 is 57.2 Å². The fourth-order valence-corrected chi connectivity index (χ4v) is 9.23. The average molecular weight is 746 g/mol. The maximum atomic E-state index is 13.5. The minimum atomic E-state index is -5.03. The molecular formula is C32H39N7O10S2. The van der Waals surface area contributed by atoms with E-state index in [0.717, 1.165) is 46.6 Å². The van der Waals surface area contributed by atoms with Crippen LogP contribution in [0.3, 0.4) is 0 Å². The third-order valence-electron chi connectivity index (χ3n) is 11.2. The van der Waals surface area contributed by atoms with E-state index in [1.165, 1.54) is 45.4 Å². The number of amides is 2. The molecule has 1 aromatic heterocycles. The van der Waals surface area contributed by atoms with Gasteiger partial charge >= 0.3 is 16.4 Å². The number of aliphatic imine (C=N–C) groups is 1. The fraction of sp³-hybridized carbons (Fsp3) is 0.562. The Hall–Kier alpha value is -4.33. The highest BCUT2D eigenvalue weighted by molar-refractivity contribution is 7.80. The lowest BCUT2D eigenvalue weighted by Crippen LogP contribution is -2.76. The summed E-state index contributed by atoms with van der Waals surface area (Å²) >= 11 is 0.976. The SMILES string of the molecule is CC1(C)[C@H](NC(=O)/C(=N\O[C@](C)(C(=O)O)[C@H]2CCc3cc(C(N)=N[C@@H]4CC[C@@H]5C[C@@H]6C[C@H]4C56)ccc3O2)c2csc(N)n2)C(=O)N1OS(=O)(=O)O. The van der Waals surface area contributed by atoms with E-state index in [1.807, 2.05) is 6.07 Å². The number of amidine groups is 1. The zero-order chi connectivity index (χ0) is 36.6. The number of aliphatic carboxylic acids is 1. The first-order valence-electron chi connectivity index (χ1n) is 16.6.